The minimum absolute atomic E-state index is 0.0776. The van der Waals surface area contributed by atoms with E-state index in [1.165, 1.54) is 0 Å². The van der Waals surface area contributed by atoms with Gasteiger partial charge in [0.2, 0.25) is 23.6 Å². The molecule has 3 atom stereocenters. The Hall–Kier alpha value is -4.89. The molecule has 2 aromatic carbocycles. The van der Waals surface area contributed by atoms with Crippen LogP contribution in [0.2, 0.25) is 10.0 Å². The van der Waals surface area contributed by atoms with Crippen LogP contribution in [0.1, 0.15) is 63.1 Å². The third-order valence-corrected chi connectivity index (χ3v) is 8.36. The monoisotopic (exact) mass is 745 g/mol. The fourth-order valence-corrected chi connectivity index (χ4v) is 5.18. The van der Waals surface area contributed by atoms with Crippen LogP contribution in [0.5, 0.6) is 0 Å². The molecule has 17 heteroatoms. The number of nitrogens with zero attached hydrogens (tertiary/aromatic N) is 2. The highest BCUT2D eigenvalue weighted by Gasteiger charge is 2.31. The Balaban J connectivity index is 2.20. The first-order valence-corrected chi connectivity index (χ1v) is 17.2. The molecule has 0 aliphatic heterocycles. The van der Waals surface area contributed by atoms with Crippen molar-refractivity contribution in [1.82, 2.24) is 21.3 Å². The van der Waals surface area contributed by atoms with Gasteiger partial charge in [-0.3, -0.25) is 29.2 Å². The van der Waals surface area contributed by atoms with Gasteiger partial charge in [-0.15, -0.1) is 0 Å². The number of nitrogens with two attached hydrogens (primary N) is 4. The number of guanidine groups is 2. The molecule has 0 radical (unpaired) electrons. The average molecular weight is 747 g/mol. The number of nitrogens with one attached hydrogen (secondary N) is 5. The molecule has 0 saturated heterocycles. The number of carbonyl (C=O) groups excluding carboxylic acids is 4. The van der Waals surface area contributed by atoms with Gasteiger partial charge >= 0.3 is 0 Å². The van der Waals surface area contributed by atoms with Crippen LogP contribution in [-0.4, -0.2) is 72.5 Å². The molecule has 0 aliphatic rings. The van der Waals surface area contributed by atoms with Gasteiger partial charge < -0.3 is 49.6 Å². The van der Waals surface area contributed by atoms with Gasteiger partial charge in [0.05, 0.1) is 16.5 Å². The third-order valence-electron chi connectivity index (χ3n) is 7.62. The lowest BCUT2D eigenvalue weighted by Crippen LogP contribution is -2.58. The molecule has 0 bridgehead atoms. The Morgan fingerprint density at radius 3 is 1.80 bits per heavy atom. The van der Waals surface area contributed by atoms with Crippen LogP contribution >= 0.6 is 23.2 Å². The minimum atomic E-state index is -1.06. The van der Waals surface area contributed by atoms with E-state index in [2.05, 4.69) is 31.3 Å². The molecular weight excluding hydrogens is 697 g/mol. The second kappa shape index (κ2) is 21.4. The van der Waals surface area contributed by atoms with Crippen molar-refractivity contribution >= 4 is 64.5 Å². The lowest BCUT2D eigenvalue weighted by molar-refractivity contribution is -0.134. The molecule has 2 rings (SSSR count). The second-order valence-corrected chi connectivity index (χ2v) is 13.1. The quantitative estimate of drug-likeness (QED) is 0.0543. The molecular formula is C34H49Cl2N11O4. The van der Waals surface area contributed by atoms with E-state index in [9.17, 15) is 19.2 Å². The Labute approximate surface area is 308 Å². The summed E-state index contributed by atoms with van der Waals surface area (Å²) in [5.74, 6) is -2.69. The molecule has 278 valence electrons. The zero-order chi connectivity index (χ0) is 38.1. The summed E-state index contributed by atoms with van der Waals surface area (Å²) in [6, 6.07) is 8.91. The van der Waals surface area contributed by atoms with Gasteiger partial charge in [0.15, 0.2) is 11.9 Å². The van der Waals surface area contributed by atoms with Crippen molar-refractivity contribution in [1.29, 1.82) is 5.41 Å². The van der Waals surface area contributed by atoms with Crippen LogP contribution < -0.4 is 44.2 Å². The number of amides is 4. The molecule has 0 spiro atoms. The van der Waals surface area contributed by atoms with Crippen molar-refractivity contribution in [2.75, 3.05) is 13.1 Å². The van der Waals surface area contributed by atoms with E-state index in [0.717, 1.165) is 11.1 Å². The van der Waals surface area contributed by atoms with Crippen molar-refractivity contribution in [3.63, 3.8) is 0 Å². The molecule has 51 heavy (non-hydrogen) atoms. The van der Waals surface area contributed by atoms with Crippen LogP contribution in [0.4, 0.5) is 0 Å². The molecule has 0 aromatic heterocycles. The SMILES string of the molecule is CC(=N)c1ccc(CNC(=O)[C@H](CCCN=C(N)N)NC(=O)C(NC(=O)[C@H](CCCN=C(N)N)NC(=O)Cc2ccc(Cl)c(Cl)c2)C(C)C)cc1. The van der Waals surface area contributed by atoms with Gasteiger partial charge in [0.25, 0.3) is 0 Å². The highest BCUT2D eigenvalue weighted by Crippen LogP contribution is 2.23. The van der Waals surface area contributed by atoms with Gasteiger partial charge in [-0.05, 0) is 67.3 Å². The number of rotatable bonds is 20. The Kier molecular flexibility index (Phi) is 17.7. The van der Waals surface area contributed by atoms with E-state index in [1.54, 1.807) is 63.2 Å². The lowest BCUT2D eigenvalue weighted by atomic mass is 10.0. The molecule has 1 unspecified atom stereocenters. The van der Waals surface area contributed by atoms with Crippen LogP contribution in [0.3, 0.4) is 0 Å². The smallest absolute Gasteiger partial charge is 0.243 e. The number of hydrogen-bond acceptors (Lipinski definition) is 7. The van der Waals surface area contributed by atoms with Gasteiger partial charge in [-0.1, -0.05) is 67.4 Å². The van der Waals surface area contributed by atoms with Gasteiger partial charge in [-0.25, -0.2) is 0 Å². The summed E-state index contributed by atoms with van der Waals surface area (Å²) in [4.78, 5) is 61.6. The lowest BCUT2D eigenvalue weighted by Gasteiger charge is -2.27. The van der Waals surface area contributed by atoms with Crippen molar-refractivity contribution in [2.45, 2.75) is 77.5 Å². The second-order valence-electron chi connectivity index (χ2n) is 12.3. The fraction of sp³-hybridized carbons (Fsp3) is 0.441. The molecule has 2 aromatic rings. The summed E-state index contributed by atoms with van der Waals surface area (Å²) in [5, 5.41) is 19.5. The molecule has 13 N–H and O–H groups in total. The summed E-state index contributed by atoms with van der Waals surface area (Å²) in [7, 11) is 0. The standard InChI is InChI=1S/C34H49Cl2N11O4/c1-19(2)29(47-31(50)27(7-5-15-43-34(40)41)45-28(48)17-22-10-13-24(35)25(36)16-22)32(51)46-26(6-4-14-42-33(38)39)30(49)44-18-21-8-11-23(12-9-21)20(3)37/h8-13,16,19,26-27,29,37H,4-7,14-15,17-18H2,1-3H3,(H,44,49)(H,45,48)(H,46,51)(H,47,50)(H4,38,39,42)(H4,40,41,43)/t26-,27-,29?/m0/s1. The molecule has 0 heterocycles. The summed E-state index contributed by atoms with van der Waals surface area (Å²) in [6.45, 7) is 5.81. The average Bonchev–Trinajstić information content (AvgIpc) is 3.06. The fourth-order valence-electron chi connectivity index (χ4n) is 4.86. The van der Waals surface area contributed by atoms with E-state index >= 15 is 0 Å². The number of hydrogen-bond donors (Lipinski definition) is 9. The normalized spacial score (nSPS) is 12.5. The highest BCUT2D eigenvalue weighted by molar-refractivity contribution is 6.42. The van der Waals surface area contributed by atoms with Crippen molar-refractivity contribution in [3.05, 3.63) is 69.2 Å². The number of carbonyl (C=O) groups is 4. The zero-order valence-corrected chi connectivity index (χ0v) is 30.6. The van der Waals surface area contributed by atoms with Crippen molar-refractivity contribution in [3.8, 4) is 0 Å². The number of aliphatic imine (C=N–C) groups is 2. The summed E-state index contributed by atoms with van der Waals surface area (Å²) < 4.78 is 0. The maximum absolute atomic E-state index is 13.7. The molecule has 0 aliphatic carbocycles. The Morgan fingerprint density at radius 1 is 0.745 bits per heavy atom. The van der Waals surface area contributed by atoms with Gasteiger partial charge in [0, 0.05) is 25.3 Å². The third kappa shape index (κ3) is 15.7. The molecule has 0 fully saturated rings. The minimum Gasteiger partial charge on any atom is -0.370 e. The first-order valence-electron chi connectivity index (χ1n) is 16.4. The van der Waals surface area contributed by atoms with E-state index in [1.807, 2.05) is 0 Å². The van der Waals surface area contributed by atoms with Crippen LogP contribution in [0, 0.1) is 11.3 Å². The Morgan fingerprint density at radius 2 is 1.29 bits per heavy atom. The van der Waals surface area contributed by atoms with Gasteiger partial charge in [0.1, 0.15) is 18.1 Å². The van der Waals surface area contributed by atoms with Crippen LogP contribution in [0.25, 0.3) is 0 Å². The molecule has 4 amide bonds. The first kappa shape index (κ1) is 42.3. The van der Waals surface area contributed by atoms with Crippen LogP contribution in [-0.2, 0) is 32.1 Å². The number of benzene rings is 2. The summed E-state index contributed by atoms with van der Waals surface area (Å²) >= 11 is 12.1. The predicted molar refractivity (Wildman–Crippen MR) is 201 cm³/mol. The van der Waals surface area contributed by atoms with Crippen molar-refractivity contribution in [2.24, 2.45) is 38.8 Å². The van der Waals surface area contributed by atoms with Crippen molar-refractivity contribution < 1.29 is 19.2 Å². The van der Waals surface area contributed by atoms with E-state index in [0.29, 0.717) is 29.1 Å². The maximum Gasteiger partial charge on any atom is 0.243 e. The van der Waals surface area contributed by atoms with E-state index < -0.39 is 47.7 Å². The maximum atomic E-state index is 13.7. The van der Waals surface area contributed by atoms with Gasteiger partial charge in [-0.2, -0.15) is 0 Å². The van der Waals surface area contributed by atoms with E-state index in [4.69, 9.17) is 51.5 Å². The highest BCUT2D eigenvalue weighted by atomic mass is 35.5. The molecule has 0 saturated carbocycles. The topological polar surface area (TPSA) is 269 Å². The zero-order valence-electron chi connectivity index (χ0n) is 29.1. The predicted octanol–water partition coefficient (Wildman–Crippen LogP) is 1.46. The molecule has 15 nitrogen and oxygen atoms in total. The Bertz CT molecular complexity index is 1570. The van der Waals surface area contributed by atoms with Crippen LogP contribution in [0.15, 0.2) is 52.4 Å². The first-order chi connectivity index (χ1) is 24.1. The largest absolute Gasteiger partial charge is 0.370 e. The number of halogens is 2. The summed E-state index contributed by atoms with van der Waals surface area (Å²) in [6.07, 6.45) is 1.02. The summed E-state index contributed by atoms with van der Waals surface area (Å²) in [5.41, 5.74) is 24.3. The van der Waals surface area contributed by atoms with E-state index in [-0.39, 0.29) is 55.8 Å².